The number of aromatic nitrogens is 2. The van der Waals surface area contributed by atoms with E-state index in [1.54, 1.807) is 18.1 Å². The first-order chi connectivity index (χ1) is 7.77. The number of nitrogen functional groups attached to an aromatic ring is 1. The van der Waals surface area contributed by atoms with Crippen molar-refractivity contribution in [2.24, 2.45) is 5.73 Å². The molecule has 0 aliphatic heterocycles. The Balaban J connectivity index is 2.12. The van der Waals surface area contributed by atoms with Crippen molar-refractivity contribution in [3.8, 4) is 0 Å². The third-order valence-electron chi connectivity index (χ3n) is 2.00. The Morgan fingerprint density at radius 3 is 2.94 bits per heavy atom. The number of rotatable bonds is 4. The zero-order valence-electron chi connectivity index (χ0n) is 8.38. The summed E-state index contributed by atoms with van der Waals surface area (Å²) in [6, 6.07) is 7.67. The predicted molar refractivity (Wildman–Crippen MR) is 66.9 cm³/mol. The number of nitrogens with zero attached hydrogens (tertiary/aromatic N) is 2. The third-order valence-corrected chi connectivity index (χ3v) is 3.85. The molecule has 0 saturated heterocycles. The van der Waals surface area contributed by atoms with Gasteiger partial charge in [0.1, 0.15) is 12.2 Å². The molecule has 3 N–H and O–H groups in total. The van der Waals surface area contributed by atoms with Crippen LogP contribution in [0.1, 0.15) is 11.1 Å². The van der Waals surface area contributed by atoms with E-state index in [-0.39, 0.29) is 5.84 Å². The highest BCUT2D eigenvalue weighted by Crippen LogP contribution is 2.24. The summed E-state index contributed by atoms with van der Waals surface area (Å²) in [5.41, 5.74) is 7.35. The van der Waals surface area contributed by atoms with E-state index in [0.29, 0.717) is 0 Å². The van der Waals surface area contributed by atoms with Gasteiger partial charge in [-0.05, 0) is 17.1 Å². The van der Waals surface area contributed by atoms with Crippen LogP contribution in [0.15, 0.2) is 34.9 Å². The first kappa shape index (κ1) is 11.1. The van der Waals surface area contributed by atoms with E-state index in [9.17, 15) is 0 Å². The minimum atomic E-state index is 0.105. The minimum Gasteiger partial charge on any atom is -0.384 e. The Bertz CT molecular complexity index is 481. The number of thioether (sulfide) groups is 1. The quantitative estimate of drug-likeness (QED) is 0.495. The van der Waals surface area contributed by atoms with E-state index in [1.165, 1.54) is 11.5 Å². The van der Waals surface area contributed by atoms with Gasteiger partial charge in [0.25, 0.3) is 0 Å². The summed E-state index contributed by atoms with van der Waals surface area (Å²) < 4.78 is 4.86. The second kappa shape index (κ2) is 5.09. The number of nitrogens with two attached hydrogens (primary N) is 1. The molecule has 0 aliphatic rings. The number of amidine groups is 1. The highest BCUT2D eigenvalue weighted by atomic mass is 32.2. The van der Waals surface area contributed by atoms with Crippen molar-refractivity contribution >= 4 is 29.1 Å². The summed E-state index contributed by atoms with van der Waals surface area (Å²) in [5, 5.41) is 7.47. The fraction of sp³-hybridized carbons (Fsp3) is 0.100. The van der Waals surface area contributed by atoms with Crippen LogP contribution >= 0.6 is 23.3 Å². The minimum absolute atomic E-state index is 0.105. The monoisotopic (exact) mass is 250 g/mol. The van der Waals surface area contributed by atoms with E-state index in [1.807, 2.05) is 24.3 Å². The van der Waals surface area contributed by atoms with Gasteiger partial charge < -0.3 is 5.73 Å². The maximum absolute atomic E-state index is 7.47. The lowest BCUT2D eigenvalue weighted by Gasteiger charge is -2.05. The number of benzene rings is 1. The second-order valence-corrected chi connectivity index (χ2v) is 5.07. The Hall–Kier alpha value is -1.40. The van der Waals surface area contributed by atoms with Crippen LogP contribution in [-0.2, 0) is 5.75 Å². The Morgan fingerprint density at radius 2 is 2.25 bits per heavy atom. The van der Waals surface area contributed by atoms with E-state index in [2.05, 4.69) is 9.36 Å². The fourth-order valence-corrected chi connectivity index (χ4v) is 2.72. The van der Waals surface area contributed by atoms with Crippen LogP contribution in [0.4, 0.5) is 0 Å². The van der Waals surface area contributed by atoms with Crippen LogP contribution in [0, 0.1) is 5.41 Å². The predicted octanol–water partition coefficient (Wildman–Crippen LogP) is 2.11. The Kier molecular flexibility index (Phi) is 3.53. The van der Waals surface area contributed by atoms with Crippen LogP contribution in [0.3, 0.4) is 0 Å². The molecule has 82 valence electrons. The van der Waals surface area contributed by atoms with Gasteiger partial charge in [0.15, 0.2) is 4.34 Å². The molecule has 0 atom stereocenters. The van der Waals surface area contributed by atoms with E-state index >= 15 is 0 Å². The van der Waals surface area contributed by atoms with Crippen LogP contribution < -0.4 is 5.73 Å². The van der Waals surface area contributed by atoms with Gasteiger partial charge in [-0.15, -0.1) is 0 Å². The maximum Gasteiger partial charge on any atom is 0.170 e. The average molecular weight is 250 g/mol. The zero-order chi connectivity index (χ0) is 11.4. The van der Waals surface area contributed by atoms with Gasteiger partial charge in [-0.2, -0.15) is 4.37 Å². The summed E-state index contributed by atoms with van der Waals surface area (Å²) in [6.45, 7) is 0. The first-order valence-electron chi connectivity index (χ1n) is 4.59. The summed E-state index contributed by atoms with van der Waals surface area (Å²) in [6.07, 6.45) is 1.55. The van der Waals surface area contributed by atoms with Gasteiger partial charge in [-0.1, -0.05) is 36.0 Å². The number of hydrogen-bond acceptors (Lipinski definition) is 5. The van der Waals surface area contributed by atoms with Crippen molar-refractivity contribution in [2.45, 2.75) is 10.1 Å². The summed E-state index contributed by atoms with van der Waals surface area (Å²) in [5.74, 6) is 0.860. The largest absolute Gasteiger partial charge is 0.384 e. The molecule has 1 aromatic heterocycles. The van der Waals surface area contributed by atoms with E-state index in [0.717, 1.165) is 21.2 Å². The lowest BCUT2D eigenvalue weighted by Crippen LogP contribution is -2.13. The number of hydrogen-bond donors (Lipinski definition) is 2. The first-order valence-corrected chi connectivity index (χ1v) is 6.35. The van der Waals surface area contributed by atoms with Crippen molar-refractivity contribution in [1.29, 1.82) is 5.41 Å². The van der Waals surface area contributed by atoms with Crippen LogP contribution in [0.5, 0.6) is 0 Å². The average Bonchev–Trinajstić information content (AvgIpc) is 2.79. The summed E-state index contributed by atoms with van der Waals surface area (Å²) >= 11 is 2.98. The molecule has 16 heavy (non-hydrogen) atoms. The molecule has 0 fully saturated rings. The standard InChI is InChI=1S/C10H10N4S2/c11-9(12)8-4-2-1-3-7(8)5-15-10-13-6-14-16-10/h1-4,6H,5H2,(H3,11,12). The van der Waals surface area contributed by atoms with Crippen LogP contribution in [0.25, 0.3) is 0 Å². The van der Waals surface area contributed by atoms with Gasteiger partial charge in [0, 0.05) is 11.3 Å². The molecule has 0 bridgehead atoms. The van der Waals surface area contributed by atoms with Crippen molar-refractivity contribution in [2.75, 3.05) is 0 Å². The summed E-state index contributed by atoms with van der Waals surface area (Å²) in [7, 11) is 0. The Labute approximate surface area is 102 Å². The molecule has 2 rings (SSSR count). The zero-order valence-corrected chi connectivity index (χ0v) is 10.0. The molecule has 0 unspecified atom stereocenters. The van der Waals surface area contributed by atoms with Gasteiger partial charge in [0.2, 0.25) is 0 Å². The highest BCUT2D eigenvalue weighted by Gasteiger charge is 2.06. The second-order valence-electron chi connectivity index (χ2n) is 3.07. The smallest absolute Gasteiger partial charge is 0.170 e. The van der Waals surface area contributed by atoms with Crippen molar-refractivity contribution in [3.05, 3.63) is 41.7 Å². The molecule has 1 aromatic carbocycles. The molecule has 4 nitrogen and oxygen atoms in total. The van der Waals surface area contributed by atoms with Gasteiger partial charge in [-0.3, -0.25) is 5.41 Å². The topological polar surface area (TPSA) is 75.7 Å². The molecule has 0 amide bonds. The maximum atomic E-state index is 7.47. The molecular formula is C10H10N4S2. The highest BCUT2D eigenvalue weighted by molar-refractivity contribution is 8.00. The van der Waals surface area contributed by atoms with E-state index in [4.69, 9.17) is 11.1 Å². The van der Waals surface area contributed by atoms with Crippen molar-refractivity contribution in [3.63, 3.8) is 0 Å². The Morgan fingerprint density at radius 1 is 1.44 bits per heavy atom. The van der Waals surface area contributed by atoms with Gasteiger partial charge >= 0.3 is 0 Å². The molecule has 0 spiro atoms. The molecular weight excluding hydrogens is 240 g/mol. The molecule has 1 heterocycles. The van der Waals surface area contributed by atoms with Crippen LogP contribution in [-0.4, -0.2) is 15.2 Å². The molecule has 2 aromatic rings. The van der Waals surface area contributed by atoms with Gasteiger partial charge in [-0.25, -0.2) is 4.98 Å². The molecule has 6 heteroatoms. The third kappa shape index (κ3) is 2.59. The van der Waals surface area contributed by atoms with Crippen LogP contribution in [0.2, 0.25) is 0 Å². The van der Waals surface area contributed by atoms with E-state index < -0.39 is 0 Å². The number of nitrogens with one attached hydrogen (secondary N) is 1. The van der Waals surface area contributed by atoms with Crippen molar-refractivity contribution in [1.82, 2.24) is 9.36 Å². The molecule has 0 radical (unpaired) electrons. The molecule has 0 aliphatic carbocycles. The van der Waals surface area contributed by atoms with Crippen molar-refractivity contribution < 1.29 is 0 Å². The van der Waals surface area contributed by atoms with Gasteiger partial charge in [0.05, 0.1) is 0 Å². The lowest BCUT2D eigenvalue weighted by molar-refractivity contribution is 1.21. The fourth-order valence-electron chi connectivity index (χ4n) is 1.27. The normalized spacial score (nSPS) is 10.2. The SMILES string of the molecule is N=C(N)c1ccccc1CSc1ncns1. The summed E-state index contributed by atoms with van der Waals surface area (Å²) in [4.78, 5) is 4.09. The lowest BCUT2D eigenvalue weighted by atomic mass is 10.1. The molecule has 0 saturated carbocycles.